The van der Waals surface area contributed by atoms with Crippen molar-refractivity contribution in [2.45, 2.75) is 11.1 Å². The molecule has 1 heterocycles. The summed E-state index contributed by atoms with van der Waals surface area (Å²) in [7, 11) is -3.97. The van der Waals surface area contributed by atoms with Crippen molar-refractivity contribution in [3.63, 3.8) is 0 Å². The number of piperazine rings is 1. The predicted molar refractivity (Wildman–Crippen MR) is 107 cm³/mol. The van der Waals surface area contributed by atoms with Crippen LogP contribution in [0.3, 0.4) is 0 Å². The molecule has 32 heavy (non-hydrogen) atoms. The van der Waals surface area contributed by atoms with Crippen molar-refractivity contribution in [3.05, 3.63) is 59.9 Å². The zero-order chi connectivity index (χ0) is 23.4. The van der Waals surface area contributed by atoms with Crippen molar-refractivity contribution in [2.75, 3.05) is 39.3 Å². The third kappa shape index (κ3) is 5.88. The number of urea groups is 1. The first-order chi connectivity index (χ1) is 15.1. The molecule has 0 aliphatic carbocycles. The van der Waals surface area contributed by atoms with Crippen LogP contribution in [0.25, 0.3) is 0 Å². The molecule has 1 N–H and O–H groups in total. The van der Waals surface area contributed by atoms with E-state index in [-0.39, 0.29) is 56.1 Å². The Morgan fingerprint density at radius 1 is 0.969 bits per heavy atom. The molecular formula is C20H21F4N3O4S. The second kappa shape index (κ2) is 9.74. The lowest BCUT2D eigenvalue weighted by Gasteiger charge is -2.34. The lowest BCUT2D eigenvalue weighted by Crippen LogP contribution is -2.53. The van der Waals surface area contributed by atoms with Gasteiger partial charge in [-0.3, -0.25) is 0 Å². The van der Waals surface area contributed by atoms with Crippen LogP contribution < -0.4 is 10.1 Å². The van der Waals surface area contributed by atoms with E-state index in [0.29, 0.717) is 5.75 Å². The third-order valence-corrected chi connectivity index (χ3v) is 6.72. The molecule has 0 bridgehead atoms. The van der Waals surface area contributed by atoms with E-state index in [1.807, 2.05) is 0 Å². The highest BCUT2D eigenvalue weighted by molar-refractivity contribution is 7.89. The summed E-state index contributed by atoms with van der Waals surface area (Å²) >= 11 is 0. The molecule has 0 saturated carbocycles. The fraction of sp³-hybridized carbons (Fsp3) is 0.350. The van der Waals surface area contributed by atoms with E-state index >= 15 is 0 Å². The number of alkyl halides is 3. The maximum Gasteiger partial charge on any atom is 0.416 e. The van der Waals surface area contributed by atoms with Gasteiger partial charge in [0.05, 0.1) is 17.0 Å². The first-order valence-electron chi connectivity index (χ1n) is 9.66. The molecule has 174 valence electrons. The van der Waals surface area contributed by atoms with Crippen molar-refractivity contribution in [1.82, 2.24) is 14.5 Å². The van der Waals surface area contributed by atoms with E-state index < -0.39 is 21.8 Å². The summed E-state index contributed by atoms with van der Waals surface area (Å²) in [5.41, 5.74) is -0.929. The average molecular weight is 475 g/mol. The highest BCUT2D eigenvalue weighted by Crippen LogP contribution is 2.30. The fourth-order valence-electron chi connectivity index (χ4n) is 3.07. The number of sulfonamides is 1. The largest absolute Gasteiger partial charge is 0.492 e. The average Bonchev–Trinajstić information content (AvgIpc) is 2.77. The molecule has 3 rings (SSSR count). The van der Waals surface area contributed by atoms with Gasteiger partial charge in [-0.2, -0.15) is 17.5 Å². The normalized spacial score (nSPS) is 15.4. The number of benzene rings is 2. The molecule has 0 radical (unpaired) electrons. The van der Waals surface area contributed by atoms with Gasteiger partial charge in [-0.25, -0.2) is 17.6 Å². The summed E-state index contributed by atoms with van der Waals surface area (Å²) in [5, 5.41) is 2.65. The molecule has 1 aliphatic rings. The van der Waals surface area contributed by atoms with Crippen molar-refractivity contribution >= 4 is 16.1 Å². The van der Waals surface area contributed by atoms with E-state index in [9.17, 15) is 30.8 Å². The quantitative estimate of drug-likeness (QED) is 0.515. The lowest BCUT2D eigenvalue weighted by molar-refractivity contribution is -0.137. The minimum atomic E-state index is -4.55. The summed E-state index contributed by atoms with van der Waals surface area (Å²) in [5.74, 6) is 0.0767. The van der Waals surface area contributed by atoms with Gasteiger partial charge in [0.1, 0.15) is 18.2 Å². The molecule has 7 nitrogen and oxygen atoms in total. The number of halogens is 4. The molecule has 0 unspecified atom stereocenters. The van der Waals surface area contributed by atoms with Gasteiger partial charge in [0, 0.05) is 26.2 Å². The molecule has 2 amide bonds. The highest BCUT2D eigenvalue weighted by Gasteiger charge is 2.33. The minimum Gasteiger partial charge on any atom is -0.492 e. The van der Waals surface area contributed by atoms with Gasteiger partial charge in [0.25, 0.3) is 0 Å². The number of carbonyl (C=O) groups excluding carboxylic acids is 1. The number of carbonyl (C=O) groups is 1. The van der Waals surface area contributed by atoms with E-state index in [2.05, 4.69) is 5.32 Å². The van der Waals surface area contributed by atoms with Crippen LogP contribution in [0.1, 0.15) is 5.56 Å². The van der Waals surface area contributed by atoms with Gasteiger partial charge in [0.2, 0.25) is 10.0 Å². The standard InChI is InChI=1S/C20H21F4N3O4S/c21-16-3-5-17(6-4-16)31-14-9-25-19(28)26-10-12-27(13-11-26)32(29,30)18-7-1-15(2-8-18)20(22,23)24/h1-8H,9-14H2,(H,25,28). The SMILES string of the molecule is O=C(NCCOc1ccc(F)cc1)N1CCN(S(=O)(=O)c2ccc(C(F)(F)F)cc2)CC1. The first-order valence-corrected chi connectivity index (χ1v) is 11.1. The number of rotatable bonds is 6. The van der Waals surface area contributed by atoms with Crippen molar-refractivity contribution < 1.29 is 35.5 Å². The minimum absolute atomic E-state index is 0.0167. The number of nitrogens with zero attached hydrogens (tertiary/aromatic N) is 2. The molecule has 0 spiro atoms. The summed E-state index contributed by atoms with van der Waals surface area (Å²) in [4.78, 5) is 13.5. The summed E-state index contributed by atoms with van der Waals surface area (Å²) in [6.07, 6.45) is -4.55. The summed E-state index contributed by atoms with van der Waals surface area (Å²) in [6.45, 7) is 0.653. The van der Waals surface area contributed by atoms with Crippen LogP contribution in [0.2, 0.25) is 0 Å². The van der Waals surface area contributed by atoms with E-state index in [1.54, 1.807) is 0 Å². The molecule has 1 saturated heterocycles. The van der Waals surface area contributed by atoms with Gasteiger partial charge < -0.3 is 15.0 Å². The predicted octanol–water partition coefficient (Wildman–Crippen LogP) is 2.94. The first kappa shape index (κ1) is 23.8. The summed E-state index contributed by atoms with van der Waals surface area (Å²) < 4.78 is 82.7. The smallest absolute Gasteiger partial charge is 0.416 e. The number of nitrogens with one attached hydrogen (secondary N) is 1. The maximum absolute atomic E-state index is 12.8. The number of hydrogen-bond acceptors (Lipinski definition) is 4. The van der Waals surface area contributed by atoms with Crippen LogP contribution >= 0.6 is 0 Å². The Labute approximate surface area is 182 Å². The Kier molecular flexibility index (Phi) is 7.24. The molecular weight excluding hydrogens is 454 g/mol. The van der Waals surface area contributed by atoms with Crippen molar-refractivity contribution in [1.29, 1.82) is 0 Å². The van der Waals surface area contributed by atoms with E-state index in [1.165, 1.54) is 29.2 Å². The Bertz CT molecular complexity index is 1020. The lowest BCUT2D eigenvalue weighted by atomic mass is 10.2. The van der Waals surface area contributed by atoms with Crippen LogP contribution in [-0.2, 0) is 16.2 Å². The molecule has 2 aromatic rings. The number of hydrogen-bond donors (Lipinski definition) is 1. The Hall–Kier alpha value is -2.86. The molecule has 0 atom stereocenters. The van der Waals surface area contributed by atoms with E-state index in [4.69, 9.17) is 4.74 Å². The Morgan fingerprint density at radius 3 is 2.12 bits per heavy atom. The van der Waals surface area contributed by atoms with Crippen LogP contribution in [-0.4, -0.2) is 63.0 Å². The monoisotopic (exact) mass is 475 g/mol. The van der Waals surface area contributed by atoms with Crippen molar-refractivity contribution in [2.24, 2.45) is 0 Å². The Balaban J connectivity index is 1.46. The van der Waals surface area contributed by atoms with Crippen molar-refractivity contribution in [3.8, 4) is 5.75 Å². The summed E-state index contributed by atoms with van der Waals surface area (Å²) in [6, 6.07) is 8.37. The number of ether oxygens (including phenoxy) is 1. The maximum atomic E-state index is 12.8. The fourth-order valence-corrected chi connectivity index (χ4v) is 4.49. The Morgan fingerprint density at radius 2 is 1.56 bits per heavy atom. The van der Waals surface area contributed by atoms with Gasteiger partial charge in [-0.05, 0) is 48.5 Å². The van der Waals surface area contributed by atoms with Crippen LogP contribution in [0, 0.1) is 5.82 Å². The number of amides is 2. The topological polar surface area (TPSA) is 79.0 Å². The molecule has 0 aromatic heterocycles. The molecule has 12 heteroatoms. The molecule has 2 aromatic carbocycles. The van der Waals surface area contributed by atoms with Gasteiger partial charge in [-0.1, -0.05) is 0 Å². The highest BCUT2D eigenvalue weighted by atomic mass is 32.2. The zero-order valence-corrected chi connectivity index (χ0v) is 17.6. The zero-order valence-electron chi connectivity index (χ0n) is 16.8. The van der Waals surface area contributed by atoms with Crippen LogP contribution in [0.5, 0.6) is 5.75 Å². The molecule has 1 aliphatic heterocycles. The molecule has 1 fully saturated rings. The van der Waals surface area contributed by atoms with Gasteiger partial charge >= 0.3 is 12.2 Å². The third-order valence-electron chi connectivity index (χ3n) is 4.81. The van der Waals surface area contributed by atoms with Gasteiger partial charge in [0.15, 0.2) is 0 Å². The van der Waals surface area contributed by atoms with Crippen LogP contribution in [0.4, 0.5) is 22.4 Å². The van der Waals surface area contributed by atoms with Gasteiger partial charge in [-0.15, -0.1) is 0 Å². The second-order valence-electron chi connectivity index (χ2n) is 6.95. The van der Waals surface area contributed by atoms with Crippen LogP contribution in [0.15, 0.2) is 53.4 Å². The second-order valence-corrected chi connectivity index (χ2v) is 8.89. The van der Waals surface area contributed by atoms with E-state index in [0.717, 1.165) is 28.6 Å².